The zero-order valence-electron chi connectivity index (χ0n) is 15.5. The van der Waals surface area contributed by atoms with E-state index in [4.69, 9.17) is 9.56 Å². The SMILES string of the molecule is NS(=O)(=O)c1ccc(-c2ccc(/C=C3/SC(=O)N(Cc4ccccc4)C3=O)o2)cc1. The fourth-order valence-corrected chi connectivity index (χ4v) is 4.26. The average Bonchev–Trinajstić information content (AvgIpc) is 3.29. The molecule has 2 aromatic carbocycles. The summed E-state index contributed by atoms with van der Waals surface area (Å²) in [6.45, 7) is 0.211. The quantitative estimate of drug-likeness (QED) is 0.604. The van der Waals surface area contributed by atoms with Gasteiger partial charge in [0.2, 0.25) is 10.0 Å². The van der Waals surface area contributed by atoms with Gasteiger partial charge < -0.3 is 4.42 Å². The summed E-state index contributed by atoms with van der Waals surface area (Å²) in [5, 5.41) is 4.77. The van der Waals surface area contributed by atoms with Crippen LogP contribution in [0.25, 0.3) is 17.4 Å². The standard InChI is InChI=1S/C21H16N2O5S2/c22-30(26,27)17-9-6-15(7-10-17)18-11-8-16(28-18)12-19-20(24)23(21(25)29-19)13-14-4-2-1-3-5-14/h1-12H,13H2,(H2,22,26,27)/b19-12+. The highest BCUT2D eigenvalue weighted by molar-refractivity contribution is 8.18. The number of amides is 2. The van der Waals surface area contributed by atoms with E-state index in [2.05, 4.69) is 0 Å². The third kappa shape index (κ3) is 4.23. The molecule has 1 aliphatic rings. The Morgan fingerprint density at radius 2 is 1.67 bits per heavy atom. The Balaban J connectivity index is 1.53. The molecule has 1 fully saturated rings. The number of carbonyl (C=O) groups is 2. The van der Waals surface area contributed by atoms with E-state index in [0.29, 0.717) is 17.1 Å². The number of sulfonamides is 1. The molecule has 2 heterocycles. The van der Waals surface area contributed by atoms with Crippen LogP contribution in [-0.4, -0.2) is 24.5 Å². The Hall–Kier alpha value is -3.14. The maximum Gasteiger partial charge on any atom is 0.293 e. The first-order valence-electron chi connectivity index (χ1n) is 8.83. The van der Waals surface area contributed by atoms with Gasteiger partial charge in [0.15, 0.2) is 0 Å². The number of furan rings is 1. The summed E-state index contributed by atoms with van der Waals surface area (Å²) >= 11 is 0.864. The lowest BCUT2D eigenvalue weighted by molar-refractivity contribution is -0.123. The molecule has 3 aromatic rings. The first-order valence-corrected chi connectivity index (χ1v) is 11.2. The highest BCUT2D eigenvalue weighted by Crippen LogP contribution is 2.34. The first-order chi connectivity index (χ1) is 14.3. The Morgan fingerprint density at radius 3 is 2.33 bits per heavy atom. The van der Waals surface area contributed by atoms with Crippen LogP contribution in [0.4, 0.5) is 4.79 Å². The van der Waals surface area contributed by atoms with E-state index in [0.717, 1.165) is 17.3 Å². The summed E-state index contributed by atoms with van der Waals surface area (Å²) < 4.78 is 28.5. The van der Waals surface area contributed by atoms with E-state index in [1.165, 1.54) is 23.1 Å². The summed E-state index contributed by atoms with van der Waals surface area (Å²) in [5.41, 5.74) is 1.52. The molecule has 0 radical (unpaired) electrons. The van der Waals surface area contributed by atoms with Crippen molar-refractivity contribution in [1.82, 2.24) is 4.90 Å². The first kappa shape index (κ1) is 20.1. The molecule has 0 atom stereocenters. The van der Waals surface area contributed by atoms with Gasteiger partial charge in [-0.3, -0.25) is 14.5 Å². The number of rotatable bonds is 5. The number of nitrogens with two attached hydrogens (primary N) is 1. The molecule has 0 bridgehead atoms. The van der Waals surface area contributed by atoms with Crippen molar-refractivity contribution in [2.75, 3.05) is 0 Å². The Labute approximate surface area is 177 Å². The van der Waals surface area contributed by atoms with Crippen molar-refractivity contribution in [3.63, 3.8) is 0 Å². The molecule has 2 N–H and O–H groups in total. The molecule has 4 rings (SSSR count). The number of hydrogen-bond acceptors (Lipinski definition) is 6. The monoisotopic (exact) mass is 440 g/mol. The Kier molecular flexibility index (Phi) is 5.33. The van der Waals surface area contributed by atoms with Crippen molar-refractivity contribution < 1.29 is 22.4 Å². The van der Waals surface area contributed by atoms with Gasteiger partial charge in [0.25, 0.3) is 11.1 Å². The van der Waals surface area contributed by atoms with Crippen LogP contribution in [0.2, 0.25) is 0 Å². The Morgan fingerprint density at radius 1 is 0.967 bits per heavy atom. The van der Waals surface area contributed by atoms with Crippen LogP contribution in [0.1, 0.15) is 11.3 Å². The topological polar surface area (TPSA) is 111 Å². The van der Waals surface area contributed by atoms with E-state index in [9.17, 15) is 18.0 Å². The van der Waals surface area contributed by atoms with Gasteiger partial charge in [-0.25, -0.2) is 13.6 Å². The molecule has 0 saturated carbocycles. The highest BCUT2D eigenvalue weighted by atomic mass is 32.2. The summed E-state index contributed by atoms with van der Waals surface area (Å²) in [6.07, 6.45) is 1.53. The maximum absolute atomic E-state index is 12.6. The van der Waals surface area contributed by atoms with Gasteiger partial charge >= 0.3 is 0 Å². The Bertz CT molecular complexity index is 1250. The number of thioether (sulfide) groups is 1. The van der Waals surface area contributed by atoms with E-state index in [1.807, 2.05) is 30.3 Å². The minimum absolute atomic E-state index is 0.00474. The summed E-state index contributed by atoms with van der Waals surface area (Å²) in [5.74, 6) is 0.528. The van der Waals surface area contributed by atoms with Gasteiger partial charge in [-0.05, 0) is 53.7 Å². The van der Waals surface area contributed by atoms with Crippen molar-refractivity contribution >= 4 is 39.0 Å². The second-order valence-electron chi connectivity index (χ2n) is 6.52. The van der Waals surface area contributed by atoms with Gasteiger partial charge in [-0.15, -0.1) is 0 Å². The lowest BCUT2D eigenvalue weighted by Gasteiger charge is -2.11. The zero-order valence-corrected chi connectivity index (χ0v) is 17.2. The minimum atomic E-state index is -3.77. The second kappa shape index (κ2) is 7.94. The molecule has 1 aliphatic heterocycles. The van der Waals surface area contributed by atoms with Crippen molar-refractivity contribution in [1.29, 1.82) is 0 Å². The largest absolute Gasteiger partial charge is 0.457 e. The summed E-state index contributed by atoms with van der Waals surface area (Å²) in [6, 6.07) is 18.6. The van der Waals surface area contributed by atoms with Gasteiger partial charge in [0.1, 0.15) is 11.5 Å². The van der Waals surface area contributed by atoms with Crippen LogP contribution >= 0.6 is 11.8 Å². The third-order valence-electron chi connectivity index (χ3n) is 4.42. The fourth-order valence-electron chi connectivity index (χ4n) is 2.93. The van der Waals surface area contributed by atoms with Crippen LogP contribution in [0.3, 0.4) is 0 Å². The van der Waals surface area contributed by atoms with Crippen LogP contribution in [0, 0.1) is 0 Å². The molecular weight excluding hydrogens is 424 g/mol. The predicted octanol–water partition coefficient (Wildman–Crippen LogP) is 3.83. The number of primary sulfonamides is 1. The minimum Gasteiger partial charge on any atom is -0.457 e. The molecule has 7 nitrogen and oxygen atoms in total. The summed E-state index contributed by atoms with van der Waals surface area (Å²) in [7, 11) is -3.77. The molecule has 2 amide bonds. The van der Waals surface area contributed by atoms with Gasteiger partial charge in [0.05, 0.1) is 16.3 Å². The summed E-state index contributed by atoms with van der Waals surface area (Å²) in [4.78, 5) is 26.4. The maximum atomic E-state index is 12.6. The smallest absolute Gasteiger partial charge is 0.293 e. The molecular formula is C21H16N2O5S2. The number of hydrogen-bond donors (Lipinski definition) is 1. The molecule has 152 valence electrons. The van der Waals surface area contributed by atoms with Crippen molar-refractivity contribution in [2.24, 2.45) is 5.14 Å². The van der Waals surface area contributed by atoms with Gasteiger partial charge in [-0.1, -0.05) is 30.3 Å². The number of nitrogens with zero attached hydrogens (tertiary/aromatic N) is 1. The predicted molar refractivity (Wildman–Crippen MR) is 113 cm³/mol. The lowest BCUT2D eigenvalue weighted by Crippen LogP contribution is -2.27. The molecule has 30 heavy (non-hydrogen) atoms. The van der Waals surface area contributed by atoms with Gasteiger partial charge in [-0.2, -0.15) is 0 Å². The van der Waals surface area contributed by atoms with Crippen LogP contribution in [0.15, 0.2) is 80.9 Å². The molecule has 0 unspecified atom stereocenters. The second-order valence-corrected chi connectivity index (χ2v) is 9.08. The lowest BCUT2D eigenvalue weighted by atomic mass is 10.2. The molecule has 0 spiro atoms. The number of carbonyl (C=O) groups excluding carboxylic acids is 2. The molecule has 0 aliphatic carbocycles. The van der Waals surface area contributed by atoms with E-state index >= 15 is 0 Å². The fraction of sp³-hybridized carbons (Fsp3) is 0.0476. The van der Waals surface area contributed by atoms with Crippen LogP contribution in [-0.2, 0) is 21.4 Å². The molecule has 9 heteroatoms. The van der Waals surface area contributed by atoms with E-state index in [-0.39, 0.29) is 27.5 Å². The van der Waals surface area contributed by atoms with Crippen molar-refractivity contribution in [3.8, 4) is 11.3 Å². The molecule has 1 saturated heterocycles. The highest BCUT2D eigenvalue weighted by Gasteiger charge is 2.35. The molecule has 1 aromatic heterocycles. The van der Waals surface area contributed by atoms with Crippen LogP contribution < -0.4 is 5.14 Å². The van der Waals surface area contributed by atoms with Gasteiger partial charge in [0, 0.05) is 11.6 Å². The number of benzene rings is 2. The normalized spacial score (nSPS) is 15.9. The van der Waals surface area contributed by atoms with E-state index in [1.54, 1.807) is 24.3 Å². The van der Waals surface area contributed by atoms with Crippen molar-refractivity contribution in [2.45, 2.75) is 11.4 Å². The van der Waals surface area contributed by atoms with Crippen molar-refractivity contribution in [3.05, 3.63) is 83.0 Å². The van der Waals surface area contributed by atoms with Crippen LogP contribution in [0.5, 0.6) is 0 Å². The third-order valence-corrected chi connectivity index (χ3v) is 6.26. The zero-order chi connectivity index (χ0) is 21.3. The number of imide groups is 1. The van der Waals surface area contributed by atoms with E-state index < -0.39 is 10.0 Å². The average molecular weight is 441 g/mol.